The molecular formula is C13H5Cl6NO2. The number of methoxy groups -OCH3 is 1. The number of esters is 1. The minimum Gasteiger partial charge on any atom is -0.464 e. The second-order valence-corrected chi connectivity index (χ2v) is 6.31. The number of carbonyl (C=O) groups excluding carboxylic acids is 1. The van der Waals surface area contributed by atoms with Gasteiger partial charge in [-0.2, -0.15) is 0 Å². The monoisotopic (exact) mass is 417 g/mol. The predicted molar refractivity (Wildman–Crippen MR) is 91.1 cm³/mol. The Morgan fingerprint density at radius 3 is 1.95 bits per heavy atom. The number of ether oxygens (including phenoxy) is 1. The van der Waals surface area contributed by atoms with Crippen LogP contribution < -0.4 is 0 Å². The number of pyridine rings is 1. The zero-order valence-electron chi connectivity index (χ0n) is 10.7. The number of aromatic nitrogens is 1. The number of nitrogens with zero attached hydrogens (tertiary/aromatic N) is 1. The van der Waals surface area contributed by atoms with E-state index in [9.17, 15) is 4.79 Å². The molecule has 2 rings (SSSR count). The van der Waals surface area contributed by atoms with Gasteiger partial charge < -0.3 is 4.74 Å². The number of hydrogen-bond donors (Lipinski definition) is 0. The SMILES string of the molecule is COC(=O)c1ncc(Cl)cc1-c1c(Cl)c(Cl)c(Cl)c(Cl)c1Cl. The van der Waals surface area contributed by atoms with Gasteiger partial charge in [-0.1, -0.05) is 69.6 Å². The number of rotatable bonds is 2. The van der Waals surface area contributed by atoms with Crippen molar-refractivity contribution in [1.82, 2.24) is 4.98 Å². The van der Waals surface area contributed by atoms with E-state index in [4.69, 9.17) is 69.6 Å². The van der Waals surface area contributed by atoms with E-state index in [0.29, 0.717) is 0 Å². The van der Waals surface area contributed by atoms with Crippen LogP contribution in [0.25, 0.3) is 11.1 Å². The lowest BCUT2D eigenvalue weighted by molar-refractivity contribution is 0.0595. The highest BCUT2D eigenvalue weighted by atomic mass is 35.5. The fourth-order valence-electron chi connectivity index (χ4n) is 1.73. The van der Waals surface area contributed by atoms with Crippen molar-refractivity contribution in [1.29, 1.82) is 0 Å². The standard InChI is InChI=1S/C13H5Cl6NO2/c1-22-13(21)12-5(2-4(14)3-20-12)6-7(15)9(17)11(19)10(18)8(6)16/h2-3H,1H3. The Labute approximate surface area is 156 Å². The van der Waals surface area contributed by atoms with Gasteiger partial charge in [-0.3, -0.25) is 0 Å². The lowest BCUT2D eigenvalue weighted by Crippen LogP contribution is -2.07. The average molecular weight is 420 g/mol. The summed E-state index contributed by atoms with van der Waals surface area (Å²) in [4.78, 5) is 15.8. The van der Waals surface area contributed by atoms with Crippen LogP contribution in [0.1, 0.15) is 10.5 Å². The molecule has 2 aromatic rings. The van der Waals surface area contributed by atoms with Crippen molar-refractivity contribution in [2.45, 2.75) is 0 Å². The summed E-state index contributed by atoms with van der Waals surface area (Å²) < 4.78 is 4.68. The van der Waals surface area contributed by atoms with E-state index < -0.39 is 5.97 Å². The van der Waals surface area contributed by atoms with E-state index in [-0.39, 0.29) is 47.0 Å². The van der Waals surface area contributed by atoms with Crippen LogP contribution in [0.3, 0.4) is 0 Å². The molecule has 0 fully saturated rings. The molecule has 0 aliphatic rings. The maximum absolute atomic E-state index is 11.9. The molecule has 0 aliphatic carbocycles. The maximum atomic E-state index is 11.9. The van der Waals surface area contributed by atoms with Gasteiger partial charge in [0.05, 0.1) is 37.2 Å². The molecule has 9 heteroatoms. The molecule has 0 unspecified atom stereocenters. The molecule has 0 saturated carbocycles. The van der Waals surface area contributed by atoms with Crippen molar-refractivity contribution in [3.63, 3.8) is 0 Å². The lowest BCUT2D eigenvalue weighted by Gasteiger charge is -2.14. The number of halogens is 6. The third-order valence-corrected chi connectivity index (χ3v) is 5.20. The van der Waals surface area contributed by atoms with Gasteiger partial charge in [0.15, 0.2) is 5.69 Å². The molecule has 1 aromatic heterocycles. The van der Waals surface area contributed by atoms with Crippen LogP contribution in [-0.2, 0) is 4.74 Å². The van der Waals surface area contributed by atoms with Crippen molar-refractivity contribution in [2.24, 2.45) is 0 Å². The van der Waals surface area contributed by atoms with Crippen LogP contribution >= 0.6 is 69.6 Å². The lowest BCUT2D eigenvalue weighted by atomic mass is 10.0. The van der Waals surface area contributed by atoms with Gasteiger partial charge in [-0.25, -0.2) is 9.78 Å². The summed E-state index contributed by atoms with van der Waals surface area (Å²) in [6.07, 6.45) is 1.29. The van der Waals surface area contributed by atoms with E-state index in [1.165, 1.54) is 19.4 Å². The topological polar surface area (TPSA) is 39.2 Å². The summed E-state index contributed by atoms with van der Waals surface area (Å²) in [5.41, 5.74) is 0.387. The van der Waals surface area contributed by atoms with Crippen LogP contribution in [0.4, 0.5) is 0 Å². The summed E-state index contributed by atoms with van der Waals surface area (Å²) in [6.45, 7) is 0. The normalized spacial score (nSPS) is 10.7. The molecule has 116 valence electrons. The zero-order valence-corrected chi connectivity index (χ0v) is 15.2. The van der Waals surface area contributed by atoms with Crippen LogP contribution in [-0.4, -0.2) is 18.1 Å². The van der Waals surface area contributed by atoms with Crippen LogP contribution in [0.2, 0.25) is 30.1 Å². The largest absolute Gasteiger partial charge is 0.464 e. The highest BCUT2D eigenvalue weighted by Crippen LogP contribution is 2.49. The first-order valence-corrected chi connectivity index (χ1v) is 7.82. The Balaban J connectivity index is 2.88. The van der Waals surface area contributed by atoms with Gasteiger partial charge >= 0.3 is 5.97 Å². The van der Waals surface area contributed by atoms with Crippen molar-refractivity contribution >= 4 is 75.6 Å². The summed E-state index contributed by atoms with van der Waals surface area (Å²) in [7, 11) is 1.22. The Hall–Kier alpha value is -0.420. The summed E-state index contributed by atoms with van der Waals surface area (Å²) in [6, 6.07) is 1.45. The third kappa shape index (κ3) is 3.12. The number of hydrogen-bond acceptors (Lipinski definition) is 3. The average Bonchev–Trinajstić information content (AvgIpc) is 2.50. The van der Waals surface area contributed by atoms with Crippen molar-refractivity contribution in [2.75, 3.05) is 7.11 Å². The molecule has 22 heavy (non-hydrogen) atoms. The van der Waals surface area contributed by atoms with Gasteiger partial charge in [0.25, 0.3) is 0 Å². The van der Waals surface area contributed by atoms with Crippen LogP contribution in [0.15, 0.2) is 12.3 Å². The molecule has 0 bridgehead atoms. The number of carbonyl (C=O) groups is 1. The molecular weight excluding hydrogens is 415 g/mol. The fraction of sp³-hybridized carbons (Fsp3) is 0.0769. The molecule has 0 N–H and O–H groups in total. The maximum Gasteiger partial charge on any atom is 0.357 e. The molecule has 0 atom stereocenters. The van der Waals surface area contributed by atoms with Crippen molar-refractivity contribution in [3.05, 3.63) is 48.1 Å². The second-order valence-electron chi connectivity index (χ2n) is 3.99. The van der Waals surface area contributed by atoms with E-state index in [2.05, 4.69) is 9.72 Å². The first kappa shape index (κ1) is 17.9. The van der Waals surface area contributed by atoms with E-state index in [1.54, 1.807) is 0 Å². The van der Waals surface area contributed by atoms with Gasteiger partial charge in [0, 0.05) is 17.3 Å². The van der Waals surface area contributed by atoms with Crippen LogP contribution in [0, 0.1) is 0 Å². The highest BCUT2D eigenvalue weighted by molar-refractivity contribution is 6.56. The molecule has 0 spiro atoms. The minimum atomic E-state index is -0.694. The van der Waals surface area contributed by atoms with Crippen LogP contribution in [0.5, 0.6) is 0 Å². The first-order chi connectivity index (χ1) is 10.3. The van der Waals surface area contributed by atoms with Gasteiger partial charge in [-0.05, 0) is 6.07 Å². The molecule has 1 aromatic carbocycles. The molecule has 1 heterocycles. The van der Waals surface area contributed by atoms with Gasteiger partial charge in [0.1, 0.15) is 0 Å². The van der Waals surface area contributed by atoms with Gasteiger partial charge in [0.2, 0.25) is 0 Å². The third-order valence-electron chi connectivity index (χ3n) is 2.71. The van der Waals surface area contributed by atoms with Crippen molar-refractivity contribution in [3.8, 4) is 11.1 Å². The molecule has 3 nitrogen and oxygen atoms in total. The molecule has 0 amide bonds. The minimum absolute atomic E-state index is 0.00326. The second kappa shape index (κ2) is 7.00. The Kier molecular flexibility index (Phi) is 5.70. The van der Waals surface area contributed by atoms with E-state index >= 15 is 0 Å². The Morgan fingerprint density at radius 2 is 1.45 bits per heavy atom. The molecule has 0 aliphatic heterocycles. The van der Waals surface area contributed by atoms with Crippen molar-refractivity contribution < 1.29 is 9.53 Å². The van der Waals surface area contributed by atoms with E-state index in [1.807, 2.05) is 0 Å². The molecule has 0 saturated heterocycles. The van der Waals surface area contributed by atoms with Gasteiger partial charge in [-0.15, -0.1) is 0 Å². The first-order valence-electron chi connectivity index (χ1n) is 5.55. The number of benzene rings is 1. The van der Waals surface area contributed by atoms with E-state index in [0.717, 1.165) is 0 Å². The Morgan fingerprint density at radius 1 is 0.955 bits per heavy atom. The zero-order chi connectivity index (χ0) is 16.6. The molecule has 0 radical (unpaired) electrons. The smallest absolute Gasteiger partial charge is 0.357 e. The quantitative estimate of drug-likeness (QED) is 0.318. The summed E-state index contributed by atoms with van der Waals surface area (Å²) >= 11 is 36.4. The summed E-state index contributed by atoms with van der Waals surface area (Å²) in [5.74, 6) is -0.694. The Bertz CT molecular complexity index is 749. The highest BCUT2D eigenvalue weighted by Gasteiger charge is 2.25. The summed E-state index contributed by atoms with van der Waals surface area (Å²) in [5, 5.41) is 0.325. The predicted octanol–water partition coefficient (Wildman–Crippen LogP) is 6.46. The fourth-order valence-corrected chi connectivity index (χ4v) is 3.23.